The Hall–Kier alpha value is -3.52. The second-order valence-corrected chi connectivity index (χ2v) is 10.2. The van der Waals surface area contributed by atoms with Gasteiger partial charge in [-0.3, -0.25) is 4.79 Å². The van der Waals surface area contributed by atoms with Crippen molar-refractivity contribution in [3.05, 3.63) is 65.7 Å². The molecule has 1 spiro atoms. The molecule has 3 heterocycles. The van der Waals surface area contributed by atoms with Crippen molar-refractivity contribution in [2.24, 2.45) is 0 Å². The molecule has 0 unspecified atom stereocenters. The zero-order valence-corrected chi connectivity index (χ0v) is 20.5. The van der Waals surface area contributed by atoms with Crippen LogP contribution in [0.2, 0.25) is 0 Å². The number of carbonyl (C=O) groups is 1. The largest absolute Gasteiger partial charge is 0.395 e. The lowest BCUT2D eigenvalue weighted by Gasteiger charge is -2.20. The van der Waals surface area contributed by atoms with E-state index < -0.39 is 0 Å². The van der Waals surface area contributed by atoms with Gasteiger partial charge in [0.25, 0.3) is 5.91 Å². The highest BCUT2D eigenvalue weighted by atomic mass is 19.1. The van der Waals surface area contributed by atoms with Crippen LogP contribution in [0, 0.1) is 5.82 Å². The molecule has 0 atom stereocenters. The molecule has 36 heavy (non-hydrogen) atoms. The molecule has 1 amide bonds. The minimum Gasteiger partial charge on any atom is -0.395 e. The Kier molecular flexibility index (Phi) is 5.63. The van der Waals surface area contributed by atoms with E-state index in [9.17, 15) is 14.3 Å². The number of hydrogen-bond donors (Lipinski definition) is 1. The summed E-state index contributed by atoms with van der Waals surface area (Å²) >= 11 is 0. The summed E-state index contributed by atoms with van der Waals surface area (Å²) in [5, 5.41) is 9.20. The third-order valence-corrected chi connectivity index (χ3v) is 7.82. The van der Waals surface area contributed by atoms with Crippen LogP contribution >= 0.6 is 0 Å². The fraction of sp³-hybridized carbons (Fsp3) is 0.393. The first kappa shape index (κ1) is 22.9. The molecule has 1 aromatic heterocycles. The predicted octanol–water partition coefficient (Wildman–Crippen LogP) is 4.13. The number of benzene rings is 2. The topological polar surface area (TPSA) is 72.8 Å². The van der Waals surface area contributed by atoms with Gasteiger partial charge < -0.3 is 19.8 Å². The van der Waals surface area contributed by atoms with E-state index in [2.05, 4.69) is 25.8 Å². The van der Waals surface area contributed by atoms with Gasteiger partial charge in [-0.1, -0.05) is 6.07 Å². The maximum atomic E-state index is 14.8. The van der Waals surface area contributed by atoms with Crippen molar-refractivity contribution in [1.82, 2.24) is 14.9 Å². The fourth-order valence-electron chi connectivity index (χ4n) is 5.54. The molecule has 2 aliphatic heterocycles. The number of aliphatic hydroxyl groups excluding tert-OH is 1. The van der Waals surface area contributed by atoms with Crippen LogP contribution in [0.5, 0.6) is 0 Å². The third kappa shape index (κ3) is 3.89. The first-order valence-corrected chi connectivity index (χ1v) is 12.6. The molecule has 3 aromatic rings. The second-order valence-electron chi connectivity index (χ2n) is 10.2. The summed E-state index contributed by atoms with van der Waals surface area (Å²) in [5.74, 6) is 0.134. The van der Waals surface area contributed by atoms with E-state index in [0.717, 1.165) is 56.7 Å². The second kappa shape index (κ2) is 8.85. The molecule has 1 aliphatic carbocycles. The molecule has 1 saturated carbocycles. The van der Waals surface area contributed by atoms with E-state index in [-0.39, 0.29) is 30.3 Å². The molecule has 3 aliphatic rings. The predicted molar refractivity (Wildman–Crippen MR) is 137 cm³/mol. The van der Waals surface area contributed by atoms with Crippen LogP contribution in [0.3, 0.4) is 0 Å². The molecular weight excluding hydrogens is 457 g/mol. The van der Waals surface area contributed by atoms with Gasteiger partial charge in [0.2, 0.25) is 5.95 Å². The molecule has 6 rings (SSSR count). The molecule has 7 nitrogen and oxygen atoms in total. The monoisotopic (exact) mass is 487 g/mol. The zero-order valence-electron chi connectivity index (χ0n) is 20.5. The van der Waals surface area contributed by atoms with Crippen LogP contribution < -0.4 is 9.80 Å². The molecule has 2 aromatic carbocycles. The van der Waals surface area contributed by atoms with Crippen LogP contribution in [0.15, 0.2) is 48.8 Å². The molecule has 1 saturated heterocycles. The number of rotatable bonds is 6. The van der Waals surface area contributed by atoms with Gasteiger partial charge in [0, 0.05) is 79.1 Å². The van der Waals surface area contributed by atoms with Crippen molar-refractivity contribution in [3.8, 4) is 11.1 Å². The molecular formula is C28H30FN5O2. The minimum atomic E-state index is -0.284. The average Bonchev–Trinajstić information content (AvgIpc) is 3.32. The Morgan fingerprint density at radius 3 is 2.56 bits per heavy atom. The van der Waals surface area contributed by atoms with Gasteiger partial charge in [0.15, 0.2) is 0 Å². The van der Waals surface area contributed by atoms with Gasteiger partial charge in [-0.2, -0.15) is 0 Å². The van der Waals surface area contributed by atoms with Crippen molar-refractivity contribution in [2.75, 3.05) is 49.6 Å². The van der Waals surface area contributed by atoms with Crippen molar-refractivity contribution in [3.63, 3.8) is 0 Å². The van der Waals surface area contributed by atoms with Crippen LogP contribution in [0.25, 0.3) is 11.1 Å². The minimum absolute atomic E-state index is 0.0792. The Labute approximate surface area is 210 Å². The summed E-state index contributed by atoms with van der Waals surface area (Å²) in [6.07, 6.45) is 7.90. The van der Waals surface area contributed by atoms with Crippen molar-refractivity contribution < 1.29 is 14.3 Å². The number of nitrogens with zero attached hydrogens (tertiary/aromatic N) is 5. The summed E-state index contributed by atoms with van der Waals surface area (Å²) < 4.78 is 14.8. The zero-order chi connectivity index (χ0) is 24.9. The van der Waals surface area contributed by atoms with Crippen LogP contribution in [0.1, 0.15) is 41.6 Å². The van der Waals surface area contributed by atoms with Gasteiger partial charge in [-0.15, -0.1) is 0 Å². The highest BCUT2D eigenvalue weighted by Crippen LogP contribution is 2.57. The normalized spacial score (nSPS) is 17.5. The summed E-state index contributed by atoms with van der Waals surface area (Å²) in [6.45, 7) is 2.96. The Morgan fingerprint density at radius 1 is 1.11 bits per heavy atom. The summed E-state index contributed by atoms with van der Waals surface area (Å²) in [5.41, 5.74) is 5.02. The highest BCUT2D eigenvalue weighted by Gasteiger charge is 2.52. The average molecular weight is 488 g/mol. The number of aliphatic hydroxyl groups is 1. The maximum Gasteiger partial charge on any atom is 0.253 e. The highest BCUT2D eigenvalue weighted by molar-refractivity contribution is 5.96. The first-order chi connectivity index (χ1) is 17.5. The summed E-state index contributed by atoms with van der Waals surface area (Å²) in [6, 6.07) is 11.1. The SMILES string of the molecule is CN(CCO)C(=O)c1ccc2c(c1)N(c1ncc(-c3cc(N4CCCC4)ccc3F)cn1)CC21CC1. The maximum absolute atomic E-state index is 14.8. The van der Waals surface area contributed by atoms with Gasteiger partial charge >= 0.3 is 0 Å². The lowest BCUT2D eigenvalue weighted by molar-refractivity contribution is 0.0767. The molecule has 186 valence electrons. The lowest BCUT2D eigenvalue weighted by atomic mass is 9.97. The first-order valence-electron chi connectivity index (χ1n) is 12.6. The lowest BCUT2D eigenvalue weighted by Crippen LogP contribution is -2.29. The van der Waals surface area contributed by atoms with E-state index in [0.29, 0.717) is 22.6 Å². The number of anilines is 3. The van der Waals surface area contributed by atoms with Gasteiger partial charge in [0.1, 0.15) is 5.82 Å². The molecule has 2 fully saturated rings. The Bertz CT molecular complexity index is 1300. The van der Waals surface area contributed by atoms with Crippen LogP contribution in [-0.2, 0) is 5.41 Å². The number of amides is 1. The standard InChI is InChI=1S/C28H30FN5O2/c1-32(12-13-35)26(36)19-4-6-23-25(14-19)34(18-28(23)8-9-28)27-30-16-20(17-31-27)22-15-21(5-7-24(22)29)33-10-2-3-11-33/h4-7,14-17,35H,2-3,8-13,18H2,1H3. The van der Waals surface area contributed by atoms with Crippen molar-refractivity contribution in [1.29, 1.82) is 0 Å². The number of halogens is 1. The number of aromatic nitrogens is 2. The number of carbonyl (C=O) groups excluding carboxylic acids is 1. The van der Waals surface area contributed by atoms with E-state index in [1.54, 1.807) is 19.4 Å². The number of likely N-dealkylation sites (N-methyl/N-ethyl adjacent to an activating group) is 1. The molecule has 0 radical (unpaired) electrons. The van der Waals surface area contributed by atoms with Gasteiger partial charge in [-0.25, -0.2) is 14.4 Å². The van der Waals surface area contributed by atoms with E-state index >= 15 is 0 Å². The third-order valence-electron chi connectivity index (χ3n) is 7.82. The smallest absolute Gasteiger partial charge is 0.253 e. The Morgan fingerprint density at radius 2 is 1.86 bits per heavy atom. The summed E-state index contributed by atoms with van der Waals surface area (Å²) in [7, 11) is 1.69. The van der Waals surface area contributed by atoms with Crippen molar-refractivity contribution in [2.45, 2.75) is 31.1 Å². The van der Waals surface area contributed by atoms with Crippen LogP contribution in [0.4, 0.5) is 21.7 Å². The van der Waals surface area contributed by atoms with Crippen molar-refractivity contribution >= 4 is 23.2 Å². The van der Waals surface area contributed by atoms with Gasteiger partial charge in [0.05, 0.1) is 6.61 Å². The number of hydrogen-bond acceptors (Lipinski definition) is 6. The molecule has 0 bridgehead atoms. The quantitative estimate of drug-likeness (QED) is 0.564. The van der Waals surface area contributed by atoms with Gasteiger partial charge in [-0.05, 0) is 61.6 Å². The fourth-order valence-corrected chi connectivity index (χ4v) is 5.54. The summed E-state index contributed by atoms with van der Waals surface area (Å²) in [4.78, 5) is 28.0. The van der Waals surface area contributed by atoms with E-state index in [1.807, 2.05) is 24.3 Å². The molecule has 1 N–H and O–H groups in total. The molecule has 8 heteroatoms. The van der Waals surface area contributed by atoms with Crippen LogP contribution in [-0.4, -0.2) is 65.7 Å². The van der Waals surface area contributed by atoms with E-state index in [4.69, 9.17) is 0 Å². The Balaban J connectivity index is 1.30. The van der Waals surface area contributed by atoms with E-state index in [1.165, 1.54) is 16.5 Å². The number of fused-ring (bicyclic) bond motifs is 2.